The molecule has 1 spiro atoms. The molecular weight excluding hydrogens is 805 g/mol. The van der Waals surface area contributed by atoms with Crippen LogP contribution in [0.15, 0.2) is 23.3 Å². The first-order valence-electron chi connectivity index (χ1n) is 21.5. The number of hydrogen-bond acceptors (Lipinski definition) is 15. The lowest BCUT2D eigenvalue weighted by atomic mass is 9.41. The molecule has 4 aliphatic carbocycles. The number of carbonyl (C=O) groups is 2. The van der Waals surface area contributed by atoms with E-state index in [0.29, 0.717) is 32.1 Å². The second-order valence-electron chi connectivity index (χ2n) is 20.2. The van der Waals surface area contributed by atoms with Crippen molar-refractivity contribution in [3.63, 3.8) is 0 Å². The maximum Gasteiger partial charge on any atom is 0.397 e. The second kappa shape index (κ2) is 15.9. The maximum absolute atomic E-state index is 14.5. The minimum absolute atomic E-state index is 0.0750. The van der Waals surface area contributed by atoms with Crippen LogP contribution in [0.25, 0.3) is 0 Å². The summed E-state index contributed by atoms with van der Waals surface area (Å²) in [5.74, 6) is -0.682. The van der Waals surface area contributed by atoms with Gasteiger partial charge in [0, 0.05) is 12.3 Å². The second-order valence-corrected chi connectivity index (χ2v) is 21.3. The third-order valence-electron chi connectivity index (χ3n) is 16.1. The first-order valence-corrected chi connectivity index (χ1v) is 22.9. The van der Waals surface area contributed by atoms with Gasteiger partial charge in [0.15, 0.2) is 12.6 Å². The van der Waals surface area contributed by atoms with Gasteiger partial charge in [-0.15, -0.1) is 0 Å². The summed E-state index contributed by atoms with van der Waals surface area (Å²) in [6.07, 6.45) is -4.89. The highest BCUT2D eigenvalue weighted by molar-refractivity contribution is 7.80. The number of ether oxygens (including phenoxy) is 6. The molecule has 3 heterocycles. The molecular formula is C43H66O16S. The Hall–Kier alpha value is -2.03. The molecule has 6 fully saturated rings. The number of rotatable bonds is 10. The van der Waals surface area contributed by atoms with Crippen LogP contribution in [0, 0.1) is 39.4 Å². The van der Waals surface area contributed by atoms with Gasteiger partial charge in [-0.05, 0) is 102 Å². The summed E-state index contributed by atoms with van der Waals surface area (Å²) in [6, 6.07) is 0. The largest absolute Gasteiger partial charge is 0.462 e. The average molecular weight is 871 g/mol. The number of esters is 2. The third kappa shape index (κ3) is 7.42. The van der Waals surface area contributed by atoms with Gasteiger partial charge in [0.05, 0.1) is 30.1 Å². The van der Waals surface area contributed by atoms with Gasteiger partial charge >= 0.3 is 22.3 Å². The van der Waals surface area contributed by atoms with E-state index in [9.17, 15) is 43.0 Å². The summed E-state index contributed by atoms with van der Waals surface area (Å²) in [4.78, 5) is 27.1. The molecule has 7 rings (SSSR count). The standard InChI is InChI=1S/C43H66O16S/c1-21(2)11-10-16-42(9)35-26(55-23(4)44)19-41(8)25-12-13-28-39(5,6)29(15-17-40(28,7)24(25)14-18-43(35,41)38(49)58-42)56-37-34(31(46)27(20-53-37)59-60(50,51)52)57-36-33(48)32(47)30(45)22(3)54-36/h11-12,22,24,26-37,45-48H,10,13-20H2,1-9H3,(H,50,51,52). The molecule has 340 valence electrons. The summed E-state index contributed by atoms with van der Waals surface area (Å²) in [5, 5.41) is 42.9. The van der Waals surface area contributed by atoms with E-state index in [1.54, 1.807) is 0 Å². The molecule has 0 amide bonds. The zero-order valence-electron chi connectivity index (χ0n) is 36.2. The van der Waals surface area contributed by atoms with Crippen molar-refractivity contribution in [1.82, 2.24) is 0 Å². The molecule has 0 bridgehead atoms. The van der Waals surface area contributed by atoms with Gasteiger partial charge in [0.2, 0.25) is 0 Å². The highest BCUT2D eigenvalue weighted by Gasteiger charge is 2.79. The predicted molar refractivity (Wildman–Crippen MR) is 212 cm³/mol. The van der Waals surface area contributed by atoms with Crippen molar-refractivity contribution in [1.29, 1.82) is 0 Å². The Balaban J connectivity index is 1.16. The van der Waals surface area contributed by atoms with Crippen LogP contribution in [0.1, 0.15) is 114 Å². The molecule has 0 aromatic rings. The molecule has 18 unspecified atom stereocenters. The van der Waals surface area contributed by atoms with E-state index in [2.05, 4.69) is 39.8 Å². The number of aliphatic hydroxyl groups is 4. The number of hydrogen-bond donors (Lipinski definition) is 5. The van der Waals surface area contributed by atoms with E-state index in [1.165, 1.54) is 25.0 Å². The zero-order valence-corrected chi connectivity index (χ0v) is 37.1. The lowest BCUT2D eigenvalue weighted by molar-refractivity contribution is -0.362. The summed E-state index contributed by atoms with van der Waals surface area (Å²) in [7, 11) is -5.03. The van der Waals surface area contributed by atoms with Crippen LogP contribution in [0.3, 0.4) is 0 Å². The molecule has 5 N–H and O–H groups in total. The molecule has 16 nitrogen and oxygen atoms in total. The fourth-order valence-electron chi connectivity index (χ4n) is 13.3. The van der Waals surface area contributed by atoms with Gasteiger partial charge in [0.25, 0.3) is 0 Å². The molecule has 7 aliphatic rings. The Bertz CT molecular complexity index is 1850. The normalized spacial score (nSPS) is 48.4. The van der Waals surface area contributed by atoms with E-state index in [1.807, 2.05) is 20.8 Å². The topological polar surface area (TPSA) is 234 Å². The summed E-state index contributed by atoms with van der Waals surface area (Å²) < 4.78 is 74.4. The molecule has 0 aromatic heterocycles. The lowest BCUT2D eigenvalue weighted by Crippen LogP contribution is -2.64. The van der Waals surface area contributed by atoms with Gasteiger partial charge < -0.3 is 48.8 Å². The van der Waals surface area contributed by atoms with Crippen molar-refractivity contribution in [2.75, 3.05) is 6.61 Å². The fourth-order valence-corrected chi connectivity index (χ4v) is 13.8. The van der Waals surface area contributed by atoms with E-state index in [-0.39, 0.29) is 35.1 Å². The molecule has 18 atom stereocenters. The summed E-state index contributed by atoms with van der Waals surface area (Å²) in [6.45, 7) is 17.3. The van der Waals surface area contributed by atoms with Crippen molar-refractivity contribution in [3.8, 4) is 0 Å². The van der Waals surface area contributed by atoms with Crippen LogP contribution in [-0.4, -0.2) is 125 Å². The van der Waals surface area contributed by atoms with Crippen LogP contribution >= 0.6 is 0 Å². The Kier molecular flexibility index (Phi) is 12.2. The van der Waals surface area contributed by atoms with E-state index in [0.717, 1.165) is 19.3 Å². The fraction of sp³-hybridized carbons (Fsp3) is 0.860. The van der Waals surface area contributed by atoms with Gasteiger partial charge in [-0.3, -0.25) is 14.1 Å². The number of aliphatic hydroxyl groups excluding tert-OH is 4. The van der Waals surface area contributed by atoms with Gasteiger partial charge in [-0.2, -0.15) is 8.42 Å². The molecule has 3 aliphatic heterocycles. The van der Waals surface area contributed by atoms with Crippen LogP contribution in [-0.2, 0) is 52.6 Å². The number of fused-ring (bicyclic) bond motifs is 4. The van der Waals surface area contributed by atoms with Crippen molar-refractivity contribution in [2.45, 2.75) is 187 Å². The highest BCUT2D eigenvalue weighted by atomic mass is 32.3. The molecule has 0 radical (unpaired) electrons. The quantitative estimate of drug-likeness (QED) is 0.120. The van der Waals surface area contributed by atoms with Crippen LogP contribution in [0.4, 0.5) is 0 Å². The first-order chi connectivity index (χ1) is 27.8. The summed E-state index contributed by atoms with van der Waals surface area (Å²) >= 11 is 0. The molecule has 17 heteroatoms. The van der Waals surface area contributed by atoms with Crippen molar-refractivity contribution >= 4 is 22.3 Å². The monoisotopic (exact) mass is 870 g/mol. The first kappa shape index (κ1) is 46.0. The minimum atomic E-state index is -5.03. The molecule has 3 saturated heterocycles. The SMILES string of the molecule is CC(=O)OC1CC2(C)C3=CCC4C(C)(C)C(OC5OCC(OS(=O)(=O)O)C(O)C5OC5OC(C)C(O)C(O)C5O)CCC4(C)C3CCC23C(=O)OC(C)(CCC=C(C)C)C13. The van der Waals surface area contributed by atoms with Gasteiger partial charge in [-0.1, -0.05) is 51.0 Å². The third-order valence-corrected chi connectivity index (χ3v) is 16.6. The Labute approximate surface area is 353 Å². The Morgan fingerprint density at radius 2 is 1.63 bits per heavy atom. The molecule has 3 saturated carbocycles. The minimum Gasteiger partial charge on any atom is -0.462 e. The number of allylic oxidation sites excluding steroid dienone is 4. The van der Waals surface area contributed by atoms with Crippen molar-refractivity contribution in [3.05, 3.63) is 23.3 Å². The van der Waals surface area contributed by atoms with Gasteiger partial charge in [0.1, 0.15) is 48.3 Å². The number of carbonyl (C=O) groups excluding carboxylic acids is 2. The van der Waals surface area contributed by atoms with Crippen LogP contribution < -0.4 is 0 Å². The maximum atomic E-state index is 14.5. The highest BCUT2D eigenvalue weighted by Crippen LogP contribution is 2.76. The molecule has 60 heavy (non-hydrogen) atoms. The van der Waals surface area contributed by atoms with Crippen molar-refractivity contribution < 1.29 is 75.6 Å². The van der Waals surface area contributed by atoms with E-state index >= 15 is 0 Å². The van der Waals surface area contributed by atoms with E-state index in [4.69, 9.17) is 32.6 Å². The predicted octanol–water partition coefficient (Wildman–Crippen LogP) is 3.68. The lowest BCUT2D eigenvalue weighted by Gasteiger charge is -2.63. The summed E-state index contributed by atoms with van der Waals surface area (Å²) in [5.41, 5.74) is -0.587. The Morgan fingerprint density at radius 3 is 2.28 bits per heavy atom. The smallest absolute Gasteiger partial charge is 0.397 e. The Morgan fingerprint density at radius 1 is 0.933 bits per heavy atom. The van der Waals surface area contributed by atoms with E-state index < -0.39 is 106 Å². The van der Waals surface area contributed by atoms with Gasteiger partial charge in [-0.25, -0.2) is 4.18 Å². The number of cyclic esters (lactones) is 1. The molecule has 0 aromatic carbocycles. The van der Waals surface area contributed by atoms with Crippen LogP contribution in [0.2, 0.25) is 0 Å². The van der Waals surface area contributed by atoms with Crippen molar-refractivity contribution in [2.24, 2.45) is 39.4 Å². The van der Waals surface area contributed by atoms with Crippen LogP contribution in [0.5, 0.6) is 0 Å². The average Bonchev–Trinajstić information content (AvgIpc) is 3.54. The zero-order chi connectivity index (χ0) is 44.1.